The normalized spacial score (nSPS) is 13.9. The van der Waals surface area contributed by atoms with E-state index in [4.69, 9.17) is 11.5 Å². The van der Waals surface area contributed by atoms with Crippen LogP contribution in [0.5, 0.6) is 0 Å². The van der Waals surface area contributed by atoms with E-state index in [9.17, 15) is 0 Å². The van der Waals surface area contributed by atoms with Crippen LogP contribution in [0.15, 0.2) is 54.7 Å². The fourth-order valence-electron chi connectivity index (χ4n) is 9.19. The second-order valence-corrected chi connectivity index (χ2v) is 32.8. The minimum atomic E-state index is 0.156. The first kappa shape index (κ1) is 87.0. The van der Waals surface area contributed by atoms with Gasteiger partial charge in [-0.15, -0.1) is 5.10 Å². The van der Waals surface area contributed by atoms with Crippen molar-refractivity contribution < 1.29 is 0 Å². The summed E-state index contributed by atoms with van der Waals surface area (Å²) in [6, 6.07) is 16.8. The molecule has 0 aromatic carbocycles. The van der Waals surface area contributed by atoms with Crippen molar-refractivity contribution in [1.82, 2.24) is 112 Å². The molecule has 0 atom stereocenters. The second-order valence-electron chi connectivity index (χ2n) is 32.8. The zero-order valence-corrected chi connectivity index (χ0v) is 68.6. The van der Waals surface area contributed by atoms with E-state index in [1.807, 2.05) is 32.9 Å². The third-order valence-corrected chi connectivity index (χ3v) is 17.9. The molecule has 24 nitrogen and oxygen atoms in total. The number of rotatable bonds is 15. The fraction of sp³-hybridized carbons (Fsp3) is 0.646. The molecule has 3 saturated carbocycles. The molecule has 0 aliphatic heterocycles. The summed E-state index contributed by atoms with van der Waals surface area (Å²) in [6.07, 6.45) is 10.6. The Labute approximate surface area is 617 Å². The molecule has 3 aliphatic rings. The van der Waals surface area contributed by atoms with Crippen molar-refractivity contribution in [3.05, 3.63) is 152 Å². The van der Waals surface area contributed by atoms with Gasteiger partial charge < -0.3 is 11.5 Å². The van der Waals surface area contributed by atoms with Crippen LogP contribution in [0.1, 0.15) is 401 Å². The van der Waals surface area contributed by atoms with Crippen molar-refractivity contribution in [1.29, 1.82) is 0 Å². The van der Waals surface area contributed by atoms with Crippen molar-refractivity contribution in [3.8, 4) is 0 Å². The second kappa shape index (κ2) is 40.6. The number of aryl methyl sites for hydroxylation is 2. The fourth-order valence-corrected chi connectivity index (χ4v) is 9.19. The molecule has 10 aromatic rings. The average molecular weight is 1420 g/mol. The van der Waals surface area contributed by atoms with Gasteiger partial charge in [-0.2, -0.15) is 50.9 Å². The van der Waals surface area contributed by atoms with Crippen LogP contribution >= 0.6 is 0 Å². The number of nitrogens with zero attached hydrogens (tertiary/aromatic N) is 12. The smallest absolute Gasteiger partial charge is 0.239 e. The van der Waals surface area contributed by atoms with E-state index in [1.165, 1.54) is 84.1 Å². The first-order valence-electron chi connectivity index (χ1n) is 37.8. The van der Waals surface area contributed by atoms with Gasteiger partial charge in [-0.3, -0.25) is 51.0 Å². The van der Waals surface area contributed by atoms with Gasteiger partial charge in [0.25, 0.3) is 0 Å². The number of nitrogens with two attached hydrogens (primary N) is 2. The maximum Gasteiger partial charge on any atom is 0.239 e. The van der Waals surface area contributed by atoms with Gasteiger partial charge in [0, 0.05) is 91.8 Å². The van der Waals surface area contributed by atoms with Crippen molar-refractivity contribution in [2.24, 2.45) is 0 Å². The van der Waals surface area contributed by atoms with Gasteiger partial charge in [-0.05, 0) is 148 Å². The van der Waals surface area contributed by atoms with Gasteiger partial charge >= 0.3 is 0 Å². The van der Waals surface area contributed by atoms with E-state index in [0.29, 0.717) is 87.7 Å². The lowest BCUT2D eigenvalue weighted by Crippen LogP contribution is -2.11. The molecule has 10 heterocycles. The zero-order chi connectivity index (χ0) is 77.3. The van der Waals surface area contributed by atoms with Gasteiger partial charge in [-0.25, -0.2) is 4.98 Å². The summed E-state index contributed by atoms with van der Waals surface area (Å²) in [4.78, 5) is 8.40. The van der Waals surface area contributed by atoms with Crippen LogP contribution in [-0.2, 0) is 22.7 Å². The largest absolute Gasteiger partial charge is 0.382 e. The molecule has 10 aromatic heterocycles. The van der Waals surface area contributed by atoms with E-state index in [-0.39, 0.29) is 5.41 Å². The van der Waals surface area contributed by atoms with E-state index >= 15 is 0 Å². The molecule has 0 amide bonds. The minimum absolute atomic E-state index is 0.156. The van der Waals surface area contributed by atoms with E-state index in [0.717, 1.165) is 64.0 Å². The molecular weight excluding hydrogens is 1290 g/mol. The van der Waals surface area contributed by atoms with E-state index < -0.39 is 0 Å². The lowest BCUT2D eigenvalue weighted by atomic mass is 9.92. The van der Waals surface area contributed by atoms with Gasteiger partial charge in [0.2, 0.25) is 5.95 Å². The average Bonchev–Trinajstić information content (AvgIpc) is 1.64. The Kier molecular flexibility index (Phi) is 34.3. The molecule has 103 heavy (non-hydrogen) atoms. The molecular formula is C79H136N24. The number of hydrogen-bond donors (Lipinski definition) is 12. The van der Waals surface area contributed by atoms with Crippen LogP contribution < -0.4 is 11.5 Å². The summed E-state index contributed by atoms with van der Waals surface area (Å²) in [5.74, 6) is 10.2. The summed E-state index contributed by atoms with van der Waals surface area (Å²) in [7, 11) is 0. The lowest BCUT2D eigenvalue weighted by molar-refractivity contribution is 0.567. The summed E-state index contributed by atoms with van der Waals surface area (Å²) in [5.41, 5.74) is 28.3. The SMILES string of the molecule is CC(C)c1cc(C(C)(C)C)n[nH]1.CC(C)c1cc(C(C)C)[nH]n1.CC(C)c1cc(C2(C)CC2)n[nH]1.CC(C)c1cc(C2CC2)[nH]n1.CC(C)c1cc(N)n[nH]1.CC(C)c1ccn[nH]1.CC(C)c1nc(C2(C)CC2)n[nH]1.CC(C)c1nc(N)n[nH]1.CCc1cc(C(C)C)n[nH]1.Cc1cc(C(C)C)n[nH]1. The van der Waals surface area contributed by atoms with Crippen molar-refractivity contribution in [2.75, 3.05) is 11.5 Å². The molecule has 0 spiro atoms. The Hall–Kier alpha value is -8.44. The third kappa shape index (κ3) is 30.4. The van der Waals surface area contributed by atoms with Crippen LogP contribution in [0.3, 0.4) is 0 Å². The number of H-pyrrole nitrogens is 10. The van der Waals surface area contributed by atoms with E-state index in [2.05, 4.69) is 328 Å². The highest BCUT2D eigenvalue weighted by atomic mass is 15.3. The lowest BCUT2D eigenvalue weighted by Gasteiger charge is -2.13. The highest BCUT2D eigenvalue weighted by Gasteiger charge is 2.43. The van der Waals surface area contributed by atoms with Crippen molar-refractivity contribution >= 4 is 11.8 Å². The highest BCUT2D eigenvalue weighted by molar-refractivity contribution is 5.30. The highest BCUT2D eigenvalue weighted by Crippen LogP contribution is 2.47. The van der Waals surface area contributed by atoms with Gasteiger partial charge in [0.15, 0.2) is 5.82 Å². The predicted molar refractivity (Wildman–Crippen MR) is 423 cm³/mol. The first-order chi connectivity index (χ1) is 48.2. The molecule has 0 unspecified atom stereocenters. The van der Waals surface area contributed by atoms with Gasteiger partial charge in [0.05, 0.1) is 34.2 Å². The Morgan fingerprint density at radius 3 is 1.17 bits per heavy atom. The summed E-state index contributed by atoms with van der Waals surface area (Å²) in [5, 5.41) is 70.5. The van der Waals surface area contributed by atoms with Crippen LogP contribution in [0.25, 0.3) is 0 Å². The summed E-state index contributed by atoms with van der Waals surface area (Å²) in [6.45, 7) is 62.2. The number of aromatic nitrogens is 22. The van der Waals surface area contributed by atoms with Crippen LogP contribution in [-0.4, -0.2) is 112 Å². The van der Waals surface area contributed by atoms with Crippen LogP contribution in [0, 0.1) is 6.92 Å². The van der Waals surface area contributed by atoms with Gasteiger partial charge in [-0.1, -0.05) is 194 Å². The summed E-state index contributed by atoms with van der Waals surface area (Å²) < 4.78 is 0. The van der Waals surface area contributed by atoms with Crippen molar-refractivity contribution in [2.45, 2.75) is 333 Å². The monoisotopic (exact) mass is 1420 g/mol. The summed E-state index contributed by atoms with van der Waals surface area (Å²) >= 11 is 0. The number of anilines is 2. The maximum atomic E-state index is 5.37. The van der Waals surface area contributed by atoms with Crippen LogP contribution in [0.2, 0.25) is 0 Å². The Morgan fingerprint density at radius 1 is 0.417 bits per heavy atom. The predicted octanol–water partition coefficient (Wildman–Crippen LogP) is 19.6. The molecule has 3 aliphatic carbocycles. The minimum Gasteiger partial charge on any atom is -0.382 e. The number of hydrogen-bond acceptors (Lipinski definition) is 14. The molecule has 0 radical (unpaired) electrons. The first-order valence-corrected chi connectivity index (χ1v) is 37.8. The van der Waals surface area contributed by atoms with Gasteiger partial charge in [0.1, 0.15) is 17.5 Å². The molecule has 13 rings (SSSR count). The molecule has 0 bridgehead atoms. The molecule has 24 heteroatoms. The molecule has 572 valence electrons. The number of nitrogen functional groups attached to an aromatic ring is 2. The maximum absolute atomic E-state index is 5.37. The number of nitrogens with one attached hydrogen (secondary N) is 10. The molecule has 14 N–H and O–H groups in total. The van der Waals surface area contributed by atoms with Crippen LogP contribution in [0.4, 0.5) is 11.8 Å². The molecule has 3 fully saturated rings. The Balaban J connectivity index is 0.000000243. The standard InChI is InChI=1S/C10H16N2.C10H18N2.C9H15N3.C9H14N2.C9H16N2.C8H14N2.C7H12N2.C6H11N3.C6H10N2.C5H10N4/c1-7(2)8-6-9(12-11-8)10(3)4-5-10;1-7(2)8-6-9(12-11-8)10(3,4)5;1-6(2)7-10-8(12-11-7)9(3)4-5-9;1-6(2)8-5-9(11-10-8)7-3-4-7;1-6(2)8-5-9(7(3)4)11-10-8;1-4-7-5-8(6(2)3)10-9-7;1-5(2)7-4-6(3)8-9-7;1-4(2)5-3-6(7)9-8-5;1-5(2)6-3-4-7-8-6;1-3(2)4-7-5(6)9-8-4/h6-7H,4-5H2,1-3H3,(H,11,12);6-7H,1-5H3,(H,11,12);6H,4-5H2,1-3H3,(H,10,11,12);5-7H,3-4H2,1-2H3,(H,10,11);5-7H,1-4H3,(H,10,11);5-6H,4H2,1-3H3,(H,9,10);4-5H,1-3H3,(H,8,9);3-4H,1-2H3,(H3,7,8,9);3-5H,1-2H3,(H,7,8);3H,1-2H3,(H3,6,7,8,9). The van der Waals surface area contributed by atoms with E-state index in [1.54, 1.807) is 6.20 Å². The topological polar surface area (TPSA) is 365 Å². The molecule has 0 saturated heterocycles. The Bertz CT molecular complexity index is 3530. The van der Waals surface area contributed by atoms with Crippen molar-refractivity contribution in [3.63, 3.8) is 0 Å². The third-order valence-electron chi connectivity index (χ3n) is 17.9. The number of aromatic amines is 10. The Morgan fingerprint density at radius 2 is 0.864 bits per heavy atom. The zero-order valence-electron chi connectivity index (χ0n) is 68.6. The quantitative estimate of drug-likeness (QED) is 0.0454.